The summed E-state index contributed by atoms with van der Waals surface area (Å²) in [5.41, 5.74) is 8.45. The highest BCUT2D eigenvalue weighted by atomic mass is 16.5. The zero-order valence-corrected chi connectivity index (χ0v) is 10.4. The molecule has 0 unspecified atom stereocenters. The van der Waals surface area contributed by atoms with E-state index >= 15 is 0 Å². The third-order valence-corrected chi connectivity index (χ3v) is 2.91. The predicted molar refractivity (Wildman–Crippen MR) is 76.9 cm³/mol. The van der Waals surface area contributed by atoms with Crippen LogP contribution in [0.3, 0.4) is 0 Å². The molecule has 3 aromatic rings. The number of ether oxygens (including phenoxy) is 1. The summed E-state index contributed by atoms with van der Waals surface area (Å²) < 4.78 is 5.69. The molecule has 0 fully saturated rings. The van der Waals surface area contributed by atoms with Crippen LogP contribution in [-0.4, -0.2) is 4.98 Å². The molecule has 0 aliphatic rings. The summed E-state index contributed by atoms with van der Waals surface area (Å²) in [7, 11) is 0. The second kappa shape index (κ2) is 4.98. The van der Waals surface area contributed by atoms with Gasteiger partial charge >= 0.3 is 0 Å². The number of pyridine rings is 1. The van der Waals surface area contributed by atoms with Gasteiger partial charge in [-0.1, -0.05) is 30.3 Å². The minimum Gasteiger partial charge on any atom is -0.473 e. The number of fused-ring (bicyclic) bond motifs is 1. The number of benzene rings is 2. The molecule has 0 bridgehead atoms. The van der Waals surface area contributed by atoms with Crippen molar-refractivity contribution in [2.45, 2.75) is 6.61 Å². The van der Waals surface area contributed by atoms with Crippen LogP contribution >= 0.6 is 0 Å². The third kappa shape index (κ3) is 2.65. The first-order chi connectivity index (χ1) is 9.31. The van der Waals surface area contributed by atoms with Gasteiger partial charge in [-0.05, 0) is 29.8 Å². The Bertz CT molecular complexity index is 710. The minimum absolute atomic E-state index is 0.469. The van der Waals surface area contributed by atoms with Gasteiger partial charge in [0.2, 0.25) is 5.88 Å². The van der Waals surface area contributed by atoms with Crippen LogP contribution in [0.2, 0.25) is 0 Å². The van der Waals surface area contributed by atoms with Crippen LogP contribution in [0.1, 0.15) is 5.56 Å². The van der Waals surface area contributed by atoms with Crippen LogP contribution in [0.15, 0.2) is 60.7 Å². The van der Waals surface area contributed by atoms with Gasteiger partial charge in [0.15, 0.2) is 0 Å². The Balaban J connectivity index is 1.78. The Morgan fingerprint density at radius 1 is 0.947 bits per heavy atom. The van der Waals surface area contributed by atoms with Crippen molar-refractivity contribution in [3.05, 3.63) is 66.2 Å². The van der Waals surface area contributed by atoms with Gasteiger partial charge in [-0.25, -0.2) is 4.98 Å². The Morgan fingerprint density at radius 3 is 2.74 bits per heavy atom. The molecule has 3 rings (SSSR count). The highest BCUT2D eigenvalue weighted by Crippen LogP contribution is 2.17. The second-order valence-corrected chi connectivity index (χ2v) is 4.38. The van der Waals surface area contributed by atoms with Crippen molar-refractivity contribution < 1.29 is 4.74 Å². The molecule has 0 radical (unpaired) electrons. The van der Waals surface area contributed by atoms with E-state index in [4.69, 9.17) is 10.5 Å². The van der Waals surface area contributed by atoms with E-state index in [1.165, 1.54) is 0 Å². The fourth-order valence-electron chi connectivity index (χ4n) is 1.97. The number of nitrogen functional groups attached to an aromatic ring is 1. The van der Waals surface area contributed by atoms with Crippen LogP contribution < -0.4 is 10.5 Å². The average Bonchev–Trinajstić information content (AvgIpc) is 2.45. The number of nitrogens with two attached hydrogens (primary N) is 1. The first-order valence-electron chi connectivity index (χ1n) is 6.14. The summed E-state index contributed by atoms with van der Waals surface area (Å²) in [6.07, 6.45) is 0. The molecular weight excluding hydrogens is 236 g/mol. The van der Waals surface area contributed by atoms with Crippen molar-refractivity contribution in [1.82, 2.24) is 4.98 Å². The van der Waals surface area contributed by atoms with Gasteiger partial charge in [0, 0.05) is 17.1 Å². The van der Waals surface area contributed by atoms with Gasteiger partial charge in [-0.3, -0.25) is 0 Å². The fraction of sp³-hybridized carbons (Fsp3) is 0.0625. The molecule has 3 heteroatoms. The summed E-state index contributed by atoms with van der Waals surface area (Å²) in [5, 5.41) is 1.11. The molecule has 1 heterocycles. The topological polar surface area (TPSA) is 48.1 Å². The number of rotatable bonds is 3. The van der Waals surface area contributed by atoms with Gasteiger partial charge in [0.25, 0.3) is 0 Å². The van der Waals surface area contributed by atoms with E-state index in [9.17, 15) is 0 Å². The maximum absolute atomic E-state index is 5.73. The van der Waals surface area contributed by atoms with Crippen molar-refractivity contribution in [2.24, 2.45) is 0 Å². The molecule has 2 N–H and O–H groups in total. The molecule has 3 nitrogen and oxygen atoms in total. The number of nitrogens with zero attached hydrogens (tertiary/aromatic N) is 1. The summed E-state index contributed by atoms with van der Waals surface area (Å²) >= 11 is 0. The highest BCUT2D eigenvalue weighted by Gasteiger charge is 2.00. The molecule has 1 aromatic heterocycles. The van der Waals surface area contributed by atoms with E-state index in [0.29, 0.717) is 12.5 Å². The number of para-hydroxylation sites is 1. The number of hydrogen-bond donors (Lipinski definition) is 1. The van der Waals surface area contributed by atoms with Gasteiger partial charge in [0.05, 0.1) is 5.52 Å². The van der Waals surface area contributed by atoms with Crippen LogP contribution in [0.5, 0.6) is 5.88 Å². The molecule has 0 aliphatic carbocycles. The lowest BCUT2D eigenvalue weighted by molar-refractivity contribution is 0.295. The molecule has 2 aromatic carbocycles. The van der Waals surface area contributed by atoms with Crippen LogP contribution in [-0.2, 0) is 6.61 Å². The number of hydrogen-bond acceptors (Lipinski definition) is 3. The van der Waals surface area contributed by atoms with Gasteiger partial charge in [-0.2, -0.15) is 0 Å². The first kappa shape index (κ1) is 11.5. The molecule has 94 valence electrons. The van der Waals surface area contributed by atoms with Crippen LogP contribution in [0.25, 0.3) is 10.9 Å². The fourth-order valence-corrected chi connectivity index (χ4v) is 1.97. The van der Waals surface area contributed by atoms with Gasteiger partial charge in [-0.15, -0.1) is 0 Å². The molecule has 19 heavy (non-hydrogen) atoms. The molecule has 0 spiro atoms. The molecule has 0 aliphatic heterocycles. The predicted octanol–water partition coefficient (Wildman–Crippen LogP) is 3.40. The van der Waals surface area contributed by atoms with E-state index in [0.717, 1.165) is 22.2 Å². The Kier molecular flexibility index (Phi) is 3.02. The molecular formula is C16H14N2O. The van der Waals surface area contributed by atoms with E-state index in [-0.39, 0.29) is 0 Å². The zero-order chi connectivity index (χ0) is 13.1. The zero-order valence-electron chi connectivity index (χ0n) is 10.4. The van der Waals surface area contributed by atoms with Gasteiger partial charge < -0.3 is 10.5 Å². The molecule has 0 atom stereocenters. The van der Waals surface area contributed by atoms with Crippen LogP contribution in [0.4, 0.5) is 5.69 Å². The van der Waals surface area contributed by atoms with Crippen molar-refractivity contribution >= 4 is 16.6 Å². The summed E-state index contributed by atoms with van der Waals surface area (Å²) in [6.45, 7) is 0.469. The van der Waals surface area contributed by atoms with E-state index < -0.39 is 0 Å². The van der Waals surface area contributed by atoms with Crippen molar-refractivity contribution in [2.75, 3.05) is 5.73 Å². The summed E-state index contributed by atoms with van der Waals surface area (Å²) in [6, 6.07) is 19.5. The highest BCUT2D eigenvalue weighted by molar-refractivity contribution is 5.78. The Hall–Kier alpha value is -2.55. The quantitative estimate of drug-likeness (QED) is 0.725. The number of anilines is 1. The maximum Gasteiger partial charge on any atom is 0.214 e. The summed E-state index contributed by atoms with van der Waals surface area (Å²) in [4.78, 5) is 4.46. The number of aromatic nitrogens is 1. The third-order valence-electron chi connectivity index (χ3n) is 2.91. The molecule has 0 saturated heterocycles. The average molecular weight is 250 g/mol. The van der Waals surface area contributed by atoms with Crippen molar-refractivity contribution in [1.29, 1.82) is 0 Å². The van der Waals surface area contributed by atoms with Crippen molar-refractivity contribution in [3.63, 3.8) is 0 Å². The molecule has 0 saturated carbocycles. The van der Waals surface area contributed by atoms with E-state index in [1.54, 1.807) is 0 Å². The normalized spacial score (nSPS) is 10.5. The lowest BCUT2D eigenvalue weighted by Gasteiger charge is -2.07. The lowest BCUT2D eigenvalue weighted by atomic mass is 10.2. The van der Waals surface area contributed by atoms with E-state index in [1.807, 2.05) is 60.7 Å². The van der Waals surface area contributed by atoms with E-state index in [2.05, 4.69) is 4.98 Å². The Morgan fingerprint density at radius 2 is 1.84 bits per heavy atom. The maximum atomic E-state index is 5.73. The largest absolute Gasteiger partial charge is 0.473 e. The second-order valence-electron chi connectivity index (χ2n) is 4.38. The van der Waals surface area contributed by atoms with Crippen molar-refractivity contribution in [3.8, 4) is 5.88 Å². The lowest BCUT2D eigenvalue weighted by Crippen LogP contribution is -1.98. The first-order valence-corrected chi connectivity index (χ1v) is 6.14. The molecule has 0 amide bonds. The standard InChI is InChI=1S/C16H14N2O/c17-14-6-3-4-12(10-14)11-19-16-9-8-13-5-1-2-7-15(13)18-16/h1-10H,11,17H2. The monoisotopic (exact) mass is 250 g/mol. The Labute approximate surface area is 111 Å². The van der Waals surface area contributed by atoms with Gasteiger partial charge in [0.1, 0.15) is 6.61 Å². The minimum atomic E-state index is 0.469. The van der Waals surface area contributed by atoms with Crippen LogP contribution in [0, 0.1) is 0 Å². The smallest absolute Gasteiger partial charge is 0.214 e. The SMILES string of the molecule is Nc1cccc(COc2ccc3ccccc3n2)c1. The summed E-state index contributed by atoms with van der Waals surface area (Å²) in [5.74, 6) is 0.626.